The first-order valence-electron chi connectivity index (χ1n) is 10.2. The number of sulfone groups is 1. The molecule has 14 heteroatoms. The van der Waals surface area contributed by atoms with Crippen molar-refractivity contribution in [3.05, 3.63) is 17.0 Å². The lowest BCUT2D eigenvalue weighted by molar-refractivity contribution is 0.0517. The summed E-state index contributed by atoms with van der Waals surface area (Å²) < 4.78 is 62.6. The van der Waals surface area contributed by atoms with Crippen LogP contribution in [0.5, 0.6) is 0 Å². The highest BCUT2D eigenvalue weighted by atomic mass is 32.3. The standard InChI is InChI=1S/C18H25N3O9S2/c1-4-28-16(23)13-12-5-8-21(15(22)14(12)20(3)19-13)9-18(6-7-18)31(24,25)17(2)10-29-32(26,27)30-11-17/h4-11H2,1-3H3. The molecule has 1 aromatic rings. The summed E-state index contributed by atoms with van der Waals surface area (Å²) in [5, 5.41) is 4.14. The van der Waals surface area contributed by atoms with Gasteiger partial charge in [-0.15, -0.1) is 0 Å². The molecular formula is C18H25N3O9S2. The van der Waals surface area contributed by atoms with Crippen molar-refractivity contribution >= 4 is 32.1 Å². The molecule has 1 saturated carbocycles. The first kappa shape index (κ1) is 23.1. The second-order valence-electron chi connectivity index (χ2n) is 8.57. The topological polar surface area (TPSA) is 151 Å². The molecule has 1 saturated heterocycles. The molecule has 2 aliphatic heterocycles. The van der Waals surface area contributed by atoms with Gasteiger partial charge in [0.25, 0.3) is 5.91 Å². The van der Waals surface area contributed by atoms with Crippen molar-refractivity contribution in [3.8, 4) is 0 Å². The van der Waals surface area contributed by atoms with Crippen LogP contribution in [0.2, 0.25) is 0 Å². The number of ether oxygens (including phenoxy) is 1. The van der Waals surface area contributed by atoms with E-state index in [1.54, 1.807) is 14.0 Å². The van der Waals surface area contributed by atoms with E-state index in [0.29, 0.717) is 24.8 Å². The number of fused-ring (bicyclic) bond motifs is 1. The Morgan fingerprint density at radius 2 is 1.88 bits per heavy atom. The highest BCUT2D eigenvalue weighted by Gasteiger charge is 2.63. The molecule has 32 heavy (non-hydrogen) atoms. The van der Waals surface area contributed by atoms with Crippen molar-refractivity contribution in [1.82, 2.24) is 14.7 Å². The van der Waals surface area contributed by atoms with Gasteiger partial charge in [0.2, 0.25) is 0 Å². The third kappa shape index (κ3) is 3.53. The van der Waals surface area contributed by atoms with Gasteiger partial charge >= 0.3 is 16.4 Å². The second kappa shape index (κ2) is 7.50. The van der Waals surface area contributed by atoms with Gasteiger partial charge in [-0.25, -0.2) is 21.6 Å². The summed E-state index contributed by atoms with van der Waals surface area (Å²) in [4.78, 5) is 26.8. The molecule has 0 aromatic carbocycles. The Bertz CT molecular complexity index is 1170. The Labute approximate surface area is 186 Å². The van der Waals surface area contributed by atoms with Crippen LogP contribution >= 0.6 is 0 Å². The van der Waals surface area contributed by atoms with Crippen LogP contribution in [0, 0.1) is 0 Å². The van der Waals surface area contributed by atoms with Gasteiger partial charge < -0.3 is 9.64 Å². The molecule has 1 amide bonds. The van der Waals surface area contributed by atoms with Crippen molar-refractivity contribution in [3.63, 3.8) is 0 Å². The lowest BCUT2D eigenvalue weighted by Gasteiger charge is -2.37. The Morgan fingerprint density at radius 3 is 2.44 bits per heavy atom. The van der Waals surface area contributed by atoms with E-state index in [0.717, 1.165) is 0 Å². The number of carbonyl (C=O) groups excluding carboxylic acids is 2. The third-order valence-corrected chi connectivity index (χ3v) is 10.3. The molecule has 178 valence electrons. The maximum Gasteiger partial charge on any atom is 0.399 e. The zero-order valence-electron chi connectivity index (χ0n) is 18.0. The highest BCUT2D eigenvalue weighted by molar-refractivity contribution is 7.94. The molecule has 3 heterocycles. The summed E-state index contributed by atoms with van der Waals surface area (Å²) in [6.07, 6.45) is 1.02. The zero-order chi connectivity index (χ0) is 23.5. The van der Waals surface area contributed by atoms with Crippen LogP contribution in [0.25, 0.3) is 0 Å². The molecule has 0 unspecified atom stereocenters. The monoisotopic (exact) mass is 491 g/mol. The van der Waals surface area contributed by atoms with E-state index in [1.807, 2.05) is 0 Å². The van der Waals surface area contributed by atoms with Gasteiger partial charge in [0.15, 0.2) is 15.5 Å². The van der Waals surface area contributed by atoms with Gasteiger partial charge in [0, 0.05) is 25.7 Å². The number of amides is 1. The summed E-state index contributed by atoms with van der Waals surface area (Å²) in [5.41, 5.74) is 0.816. The van der Waals surface area contributed by atoms with Crippen molar-refractivity contribution in [1.29, 1.82) is 0 Å². The molecule has 4 rings (SSSR count). The first-order chi connectivity index (χ1) is 14.9. The number of carbonyl (C=O) groups is 2. The van der Waals surface area contributed by atoms with Crippen LogP contribution in [0.15, 0.2) is 0 Å². The van der Waals surface area contributed by atoms with Gasteiger partial charge in [0.1, 0.15) is 10.4 Å². The highest BCUT2D eigenvalue weighted by Crippen LogP contribution is 2.50. The summed E-state index contributed by atoms with van der Waals surface area (Å²) in [6, 6.07) is 0. The zero-order valence-corrected chi connectivity index (χ0v) is 19.6. The molecule has 3 aliphatic rings. The van der Waals surface area contributed by atoms with Crippen molar-refractivity contribution < 1.29 is 39.5 Å². The normalized spacial score (nSPS) is 23.5. The van der Waals surface area contributed by atoms with E-state index >= 15 is 0 Å². The third-order valence-electron chi connectivity index (χ3n) is 6.26. The fourth-order valence-electron chi connectivity index (χ4n) is 4.23. The molecule has 1 aromatic heterocycles. The summed E-state index contributed by atoms with van der Waals surface area (Å²) in [5.74, 6) is -1.02. The maximum absolute atomic E-state index is 13.5. The minimum absolute atomic E-state index is 0.0458. The minimum Gasteiger partial charge on any atom is -0.461 e. The second-order valence-corrected chi connectivity index (χ2v) is 12.7. The molecule has 0 bridgehead atoms. The Balaban J connectivity index is 1.57. The molecular weight excluding hydrogens is 466 g/mol. The molecule has 2 fully saturated rings. The number of hydrogen-bond donors (Lipinski definition) is 0. The smallest absolute Gasteiger partial charge is 0.399 e. The van der Waals surface area contributed by atoms with Crippen LogP contribution in [0.1, 0.15) is 53.2 Å². The lowest BCUT2D eigenvalue weighted by atomic mass is 10.0. The van der Waals surface area contributed by atoms with Crippen molar-refractivity contribution in [2.24, 2.45) is 7.05 Å². The summed E-state index contributed by atoms with van der Waals surface area (Å²) in [7, 11) is -6.58. The minimum atomic E-state index is -4.20. The number of aryl methyl sites for hydroxylation is 1. The van der Waals surface area contributed by atoms with Crippen molar-refractivity contribution in [2.75, 3.05) is 32.9 Å². The van der Waals surface area contributed by atoms with Crippen LogP contribution < -0.4 is 0 Å². The fraction of sp³-hybridized carbons (Fsp3) is 0.722. The van der Waals surface area contributed by atoms with Crippen LogP contribution in [-0.4, -0.2) is 85.8 Å². The van der Waals surface area contributed by atoms with Crippen molar-refractivity contribution in [2.45, 2.75) is 42.6 Å². The number of aromatic nitrogens is 2. The SMILES string of the molecule is CCOC(=O)c1nn(C)c2c1CCN(CC1(S(=O)(=O)C3(C)COS(=O)(=O)OC3)CC1)C2=O. The lowest BCUT2D eigenvalue weighted by Crippen LogP contribution is -2.56. The van der Waals surface area contributed by atoms with Gasteiger partial charge in [0.05, 0.1) is 24.6 Å². The average Bonchev–Trinajstić information content (AvgIpc) is 3.43. The molecule has 0 atom stereocenters. The fourth-order valence-corrected chi connectivity index (χ4v) is 7.70. The first-order valence-corrected chi connectivity index (χ1v) is 13.0. The molecule has 0 N–H and O–H groups in total. The van der Waals surface area contributed by atoms with E-state index in [2.05, 4.69) is 13.5 Å². The van der Waals surface area contributed by atoms with E-state index in [4.69, 9.17) is 4.74 Å². The predicted molar refractivity (Wildman–Crippen MR) is 109 cm³/mol. The van der Waals surface area contributed by atoms with Gasteiger partial charge in [-0.3, -0.25) is 9.48 Å². The van der Waals surface area contributed by atoms with E-state index in [-0.39, 0.29) is 31.1 Å². The molecule has 0 radical (unpaired) electrons. The van der Waals surface area contributed by atoms with Gasteiger partial charge in [-0.1, -0.05) is 0 Å². The van der Waals surface area contributed by atoms with Crippen LogP contribution in [0.4, 0.5) is 0 Å². The van der Waals surface area contributed by atoms with Crippen LogP contribution in [-0.2, 0) is 46.8 Å². The number of hydrogen-bond acceptors (Lipinski definition) is 10. The van der Waals surface area contributed by atoms with E-state index in [9.17, 15) is 26.4 Å². The number of esters is 1. The van der Waals surface area contributed by atoms with Gasteiger partial charge in [-0.2, -0.15) is 13.5 Å². The number of nitrogens with zero attached hydrogens (tertiary/aromatic N) is 3. The molecule has 12 nitrogen and oxygen atoms in total. The Hall–Kier alpha value is -2.03. The quantitative estimate of drug-likeness (QED) is 0.480. The average molecular weight is 492 g/mol. The maximum atomic E-state index is 13.5. The summed E-state index contributed by atoms with van der Waals surface area (Å²) >= 11 is 0. The Morgan fingerprint density at radius 1 is 1.25 bits per heavy atom. The Kier molecular flexibility index (Phi) is 5.42. The number of rotatable bonds is 6. The largest absolute Gasteiger partial charge is 0.461 e. The summed E-state index contributed by atoms with van der Waals surface area (Å²) in [6.45, 7) is 2.34. The molecule has 1 aliphatic carbocycles. The van der Waals surface area contributed by atoms with E-state index < -0.39 is 54.8 Å². The predicted octanol–water partition coefficient (Wildman–Crippen LogP) is -0.407. The van der Waals surface area contributed by atoms with E-state index in [1.165, 1.54) is 16.5 Å². The van der Waals surface area contributed by atoms with Gasteiger partial charge in [-0.05, 0) is 33.1 Å². The molecule has 0 spiro atoms. The van der Waals surface area contributed by atoms with Crippen LogP contribution in [0.3, 0.4) is 0 Å².